The molecule has 11 heteroatoms. The molecular weight excluding hydrogens is 376 g/mol. The molecule has 0 heterocycles. The molecule has 0 aliphatic heterocycles. The molecule has 0 aliphatic rings. The molecule has 0 fully saturated rings. The van der Waals surface area contributed by atoms with E-state index in [1.54, 1.807) is 12.1 Å². The number of sulfonamides is 1. The van der Waals surface area contributed by atoms with Crippen molar-refractivity contribution in [1.29, 1.82) is 0 Å². The summed E-state index contributed by atoms with van der Waals surface area (Å²) in [5, 5.41) is 21.4. The zero-order valence-electron chi connectivity index (χ0n) is 14.3. The lowest BCUT2D eigenvalue weighted by Gasteiger charge is -2.11. The Morgan fingerprint density at radius 3 is 2.59 bits per heavy atom. The van der Waals surface area contributed by atoms with E-state index in [0.29, 0.717) is 5.69 Å². The maximum atomic E-state index is 12.0. The Bertz CT molecular complexity index is 961. The lowest BCUT2D eigenvalue weighted by atomic mass is 10.2. The number of hydrogen-bond donors (Lipinski definition) is 3. The molecule has 4 N–H and O–H groups in total. The van der Waals surface area contributed by atoms with Gasteiger partial charge in [0.1, 0.15) is 16.3 Å². The van der Waals surface area contributed by atoms with Crippen LogP contribution in [0.2, 0.25) is 0 Å². The Morgan fingerprint density at radius 1 is 1.26 bits per heavy atom. The molecular formula is C16H18N4O6S. The van der Waals surface area contributed by atoms with Crippen LogP contribution in [-0.4, -0.2) is 32.9 Å². The summed E-state index contributed by atoms with van der Waals surface area (Å²) in [5.41, 5.74) is 0.442. The van der Waals surface area contributed by atoms with E-state index in [4.69, 9.17) is 9.88 Å². The van der Waals surface area contributed by atoms with E-state index in [2.05, 4.69) is 10.6 Å². The summed E-state index contributed by atoms with van der Waals surface area (Å²) in [6.45, 7) is 0.148. The molecule has 2 rings (SSSR count). The first-order valence-corrected chi connectivity index (χ1v) is 9.25. The summed E-state index contributed by atoms with van der Waals surface area (Å²) in [4.78, 5) is 22.2. The van der Waals surface area contributed by atoms with Crippen LogP contribution in [0.15, 0.2) is 47.4 Å². The SMILES string of the molecule is COc1ccc(NC(=O)CCNc2ccccc2[N+](=O)[O-])cc1S(N)(=O)=O. The van der Waals surface area contributed by atoms with Gasteiger partial charge in [0.2, 0.25) is 15.9 Å². The number of amides is 1. The first-order valence-electron chi connectivity index (χ1n) is 7.70. The first kappa shape index (κ1) is 20.1. The van der Waals surface area contributed by atoms with Crippen molar-refractivity contribution >= 4 is 33.0 Å². The van der Waals surface area contributed by atoms with Gasteiger partial charge in [-0.2, -0.15) is 0 Å². The molecule has 0 bridgehead atoms. The van der Waals surface area contributed by atoms with Gasteiger partial charge in [0.05, 0.1) is 12.0 Å². The summed E-state index contributed by atoms with van der Waals surface area (Å²) in [6.07, 6.45) is 0.00276. The minimum absolute atomic E-state index is 0.00276. The molecule has 0 saturated heterocycles. The van der Waals surface area contributed by atoms with Crippen molar-refractivity contribution in [2.24, 2.45) is 5.14 Å². The predicted octanol–water partition coefficient (Wildman–Crippen LogP) is 1.69. The monoisotopic (exact) mass is 394 g/mol. The number of anilines is 2. The van der Waals surface area contributed by atoms with Gasteiger partial charge in [-0.05, 0) is 24.3 Å². The zero-order chi connectivity index (χ0) is 20.0. The highest BCUT2D eigenvalue weighted by Gasteiger charge is 2.16. The number of nitrogens with two attached hydrogens (primary N) is 1. The van der Waals surface area contributed by atoms with Crippen LogP contribution in [0.4, 0.5) is 17.1 Å². The van der Waals surface area contributed by atoms with Crippen LogP contribution in [0.5, 0.6) is 5.75 Å². The fourth-order valence-corrected chi connectivity index (χ4v) is 3.02. The van der Waals surface area contributed by atoms with Crippen molar-refractivity contribution in [3.05, 3.63) is 52.6 Å². The van der Waals surface area contributed by atoms with Gasteiger partial charge in [-0.1, -0.05) is 12.1 Å². The van der Waals surface area contributed by atoms with Crippen molar-refractivity contribution in [3.63, 3.8) is 0 Å². The van der Waals surface area contributed by atoms with Gasteiger partial charge in [-0.3, -0.25) is 14.9 Å². The van der Waals surface area contributed by atoms with Crippen LogP contribution in [-0.2, 0) is 14.8 Å². The quantitative estimate of drug-likeness (QED) is 0.455. The number of nitrogens with zero attached hydrogens (tertiary/aromatic N) is 1. The summed E-state index contributed by atoms with van der Waals surface area (Å²) in [7, 11) is -2.72. The van der Waals surface area contributed by atoms with Gasteiger partial charge in [-0.25, -0.2) is 13.6 Å². The third-order valence-corrected chi connectivity index (χ3v) is 4.45. The number of para-hydroxylation sites is 2. The van der Waals surface area contributed by atoms with Crippen molar-refractivity contribution in [2.45, 2.75) is 11.3 Å². The number of ether oxygens (including phenoxy) is 1. The number of nitro benzene ring substituents is 1. The highest BCUT2D eigenvalue weighted by molar-refractivity contribution is 7.89. The van der Waals surface area contributed by atoms with Crippen molar-refractivity contribution in [2.75, 3.05) is 24.3 Å². The third-order valence-electron chi connectivity index (χ3n) is 3.52. The predicted molar refractivity (Wildman–Crippen MR) is 99.2 cm³/mol. The fraction of sp³-hybridized carbons (Fsp3) is 0.188. The number of nitrogens with one attached hydrogen (secondary N) is 2. The highest BCUT2D eigenvalue weighted by atomic mass is 32.2. The van der Waals surface area contributed by atoms with Crippen LogP contribution in [0.3, 0.4) is 0 Å². The average molecular weight is 394 g/mol. The van der Waals surface area contributed by atoms with Gasteiger partial charge in [0, 0.05) is 24.7 Å². The maximum Gasteiger partial charge on any atom is 0.292 e. The molecule has 0 unspecified atom stereocenters. The smallest absolute Gasteiger partial charge is 0.292 e. The molecule has 1 amide bonds. The lowest BCUT2D eigenvalue weighted by molar-refractivity contribution is -0.384. The second-order valence-electron chi connectivity index (χ2n) is 5.41. The number of carbonyl (C=O) groups is 1. The van der Waals surface area contributed by atoms with E-state index in [1.165, 1.54) is 37.4 Å². The van der Waals surface area contributed by atoms with Gasteiger partial charge >= 0.3 is 0 Å². The van der Waals surface area contributed by atoms with E-state index < -0.39 is 20.9 Å². The third kappa shape index (κ3) is 5.39. The second-order valence-corrected chi connectivity index (χ2v) is 6.94. The Morgan fingerprint density at radius 2 is 1.96 bits per heavy atom. The molecule has 10 nitrogen and oxygen atoms in total. The van der Waals surface area contributed by atoms with E-state index >= 15 is 0 Å². The second kappa shape index (κ2) is 8.47. The largest absolute Gasteiger partial charge is 0.495 e. The highest BCUT2D eigenvalue weighted by Crippen LogP contribution is 2.26. The summed E-state index contributed by atoms with van der Waals surface area (Å²) in [6, 6.07) is 10.1. The average Bonchev–Trinajstić information content (AvgIpc) is 2.61. The number of carbonyl (C=O) groups excluding carboxylic acids is 1. The van der Waals surface area contributed by atoms with Crippen molar-refractivity contribution in [1.82, 2.24) is 0 Å². The van der Waals surface area contributed by atoms with E-state index in [1.807, 2.05) is 0 Å². The number of hydrogen-bond acceptors (Lipinski definition) is 7. The molecule has 0 atom stereocenters. The molecule has 2 aromatic rings. The molecule has 0 aliphatic carbocycles. The fourth-order valence-electron chi connectivity index (χ4n) is 2.29. The topological polar surface area (TPSA) is 154 Å². The molecule has 0 saturated carbocycles. The number of nitro groups is 1. The summed E-state index contributed by atoms with van der Waals surface area (Å²) < 4.78 is 28.1. The number of methoxy groups -OCH3 is 1. The van der Waals surface area contributed by atoms with E-state index in [-0.39, 0.29) is 35.0 Å². The zero-order valence-corrected chi connectivity index (χ0v) is 15.2. The van der Waals surface area contributed by atoms with Crippen LogP contribution in [0.25, 0.3) is 0 Å². The number of benzene rings is 2. The number of rotatable bonds is 8. The molecule has 27 heavy (non-hydrogen) atoms. The molecule has 0 aromatic heterocycles. The molecule has 0 radical (unpaired) electrons. The molecule has 0 spiro atoms. The van der Waals surface area contributed by atoms with Crippen LogP contribution in [0, 0.1) is 10.1 Å². The Balaban J connectivity index is 2.00. The van der Waals surface area contributed by atoms with Crippen LogP contribution in [0.1, 0.15) is 6.42 Å². The van der Waals surface area contributed by atoms with E-state index in [0.717, 1.165) is 0 Å². The van der Waals surface area contributed by atoms with Crippen LogP contribution >= 0.6 is 0 Å². The Labute approximate surface area is 155 Å². The summed E-state index contributed by atoms with van der Waals surface area (Å²) in [5.74, 6) is -0.347. The van der Waals surface area contributed by atoms with Crippen molar-refractivity contribution in [3.8, 4) is 5.75 Å². The van der Waals surface area contributed by atoms with Gasteiger partial charge in [0.15, 0.2) is 0 Å². The maximum absolute atomic E-state index is 12.0. The first-order chi connectivity index (χ1) is 12.7. The van der Waals surface area contributed by atoms with Crippen LogP contribution < -0.4 is 20.5 Å². The van der Waals surface area contributed by atoms with Gasteiger partial charge in [-0.15, -0.1) is 0 Å². The molecule has 144 valence electrons. The number of primary sulfonamides is 1. The summed E-state index contributed by atoms with van der Waals surface area (Å²) >= 11 is 0. The van der Waals surface area contributed by atoms with Gasteiger partial charge in [0.25, 0.3) is 5.69 Å². The molecule has 2 aromatic carbocycles. The Kier molecular flexibility index (Phi) is 6.32. The minimum Gasteiger partial charge on any atom is -0.495 e. The van der Waals surface area contributed by atoms with Gasteiger partial charge < -0.3 is 15.4 Å². The lowest BCUT2D eigenvalue weighted by Crippen LogP contribution is -2.18. The normalized spacial score (nSPS) is 10.9. The minimum atomic E-state index is -4.02. The van der Waals surface area contributed by atoms with Crippen molar-refractivity contribution < 1.29 is 22.9 Å². The Hall–Kier alpha value is -3.18. The standard InChI is InChI=1S/C16H18N4O6S/c1-26-14-7-6-11(10-15(14)27(17,24)25)19-16(21)8-9-18-12-4-2-3-5-13(12)20(22)23/h2-7,10,18H,8-9H2,1H3,(H,19,21)(H2,17,24,25). The van der Waals surface area contributed by atoms with E-state index in [9.17, 15) is 23.3 Å².